The van der Waals surface area contributed by atoms with Crippen LogP contribution in [0.15, 0.2) is 47.5 Å². The summed E-state index contributed by atoms with van der Waals surface area (Å²) >= 11 is 0. The molecular formula is C23H30FN3O3. The predicted molar refractivity (Wildman–Crippen MR) is 116 cm³/mol. The van der Waals surface area contributed by atoms with E-state index in [0.717, 1.165) is 30.4 Å². The second kappa shape index (κ2) is 10.3. The standard InChI is InChI=1S/C23H30FN3O3/c1-28-20-8-3-17(15-21(20)29-2)9-12-26-22(25)27-16-23(10-13-30-14-11-23)18-4-6-19(24)7-5-18/h3-8,15H,9-14,16H2,1-2H3,(H3,25,26,27). The Morgan fingerprint density at radius 2 is 1.80 bits per heavy atom. The molecule has 1 fully saturated rings. The molecule has 30 heavy (non-hydrogen) atoms. The number of ether oxygens (including phenoxy) is 3. The highest BCUT2D eigenvalue weighted by Crippen LogP contribution is 2.35. The van der Waals surface area contributed by atoms with Crippen molar-refractivity contribution in [3.05, 3.63) is 59.4 Å². The molecule has 0 spiro atoms. The van der Waals surface area contributed by atoms with E-state index in [1.54, 1.807) is 14.2 Å². The molecule has 0 aromatic heterocycles. The second-order valence-corrected chi connectivity index (χ2v) is 7.47. The van der Waals surface area contributed by atoms with Crippen molar-refractivity contribution in [2.24, 2.45) is 10.7 Å². The van der Waals surface area contributed by atoms with Crippen LogP contribution in [-0.4, -0.2) is 46.5 Å². The number of nitrogens with zero attached hydrogens (tertiary/aromatic N) is 1. The smallest absolute Gasteiger partial charge is 0.188 e. The summed E-state index contributed by atoms with van der Waals surface area (Å²) in [4.78, 5) is 4.60. The van der Waals surface area contributed by atoms with Gasteiger partial charge >= 0.3 is 0 Å². The lowest BCUT2D eigenvalue weighted by Gasteiger charge is -2.36. The second-order valence-electron chi connectivity index (χ2n) is 7.47. The van der Waals surface area contributed by atoms with Crippen LogP contribution in [0.2, 0.25) is 0 Å². The van der Waals surface area contributed by atoms with E-state index in [2.05, 4.69) is 10.3 Å². The third-order valence-electron chi connectivity index (χ3n) is 5.63. The van der Waals surface area contributed by atoms with Crippen molar-refractivity contribution in [3.8, 4) is 11.5 Å². The molecule has 3 rings (SSSR count). The maximum atomic E-state index is 13.4. The highest BCUT2D eigenvalue weighted by Gasteiger charge is 2.34. The fourth-order valence-corrected chi connectivity index (χ4v) is 3.77. The van der Waals surface area contributed by atoms with Gasteiger partial charge in [0, 0.05) is 25.2 Å². The average molecular weight is 416 g/mol. The number of benzene rings is 2. The summed E-state index contributed by atoms with van der Waals surface area (Å²) in [7, 11) is 3.24. The van der Waals surface area contributed by atoms with Crippen molar-refractivity contribution < 1.29 is 18.6 Å². The van der Waals surface area contributed by atoms with Crippen LogP contribution in [0.4, 0.5) is 4.39 Å². The van der Waals surface area contributed by atoms with Crippen LogP contribution in [-0.2, 0) is 16.6 Å². The first-order valence-corrected chi connectivity index (χ1v) is 10.1. The molecule has 1 aliphatic rings. The highest BCUT2D eigenvalue weighted by atomic mass is 19.1. The lowest BCUT2D eigenvalue weighted by Crippen LogP contribution is -2.39. The zero-order valence-electron chi connectivity index (χ0n) is 17.6. The first-order chi connectivity index (χ1) is 14.6. The first kappa shape index (κ1) is 21.9. The fourth-order valence-electron chi connectivity index (χ4n) is 3.77. The molecule has 7 heteroatoms. The Morgan fingerprint density at radius 1 is 1.10 bits per heavy atom. The predicted octanol–water partition coefficient (Wildman–Crippen LogP) is 3.04. The molecule has 0 radical (unpaired) electrons. The van der Waals surface area contributed by atoms with E-state index in [1.807, 2.05) is 30.3 Å². The van der Waals surface area contributed by atoms with Crippen molar-refractivity contribution in [3.63, 3.8) is 0 Å². The number of rotatable bonds is 8. The Labute approximate surface area is 177 Å². The molecule has 0 saturated carbocycles. The zero-order chi connectivity index (χ0) is 21.4. The highest BCUT2D eigenvalue weighted by molar-refractivity contribution is 5.77. The largest absolute Gasteiger partial charge is 0.493 e. The summed E-state index contributed by atoms with van der Waals surface area (Å²) in [5.41, 5.74) is 8.13. The van der Waals surface area contributed by atoms with Crippen molar-refractivity contribution >= 4 is 5.96 Å². The van der Waals surface area contributed by atoms with Gasteiger partial charge in [-0.2, -0.15) is 0 Å². The van der Waals surface area contributed by atoms with Gasteiger partial charge in [-0.15, -0.1) is 0 Å². The van der Waals surface area contributed by atoms with Gasteiger partial charge in [0.2, 0.25) is 0 Å². The summed E-state index contributed by atoms with van der Waals surface area (Å²) in [5.74, 6) is 1.58. The van der Waals surface area contributed by atoms with Crippen LogP contribution < -0.4 is 20.5 Å². The van der Waals surface area contributed by atoms with Crippen LogP contribution in [0.3, 0.4) is 0 Å². The van der Waals surface area contributed by atoms with E-state index in [9.17, 15) is 4.39 Å². The van der Waals surface area contributed by atoms with Crippen LogP contribution in [0.5, 0.6) is 11.5 Å². The minimum atomic E-state index is -0.235. The van der Waals surface area contributed by atoms with E-state index in [0.29, 0.717) is 43.8 Å². The van der Waals surface area contributed by atoms with E-state index < -0.39 is 0 Å². The molecule has 0 aliphatic carbocycles. The molecule has 1 aliphatic heterocycles. The van der Waals surface area contributed by atoms with Gasteiger partial charge in [-0.1, -0.05) is 18.2 Å². The number of hydrogen-bond acceptors (Lipinski definition) is 4. The molecular weight excluding hydrogens is 385 g/mol. The van der Waals surface area contributed by atoms with Gasteiger partial charge in [-0.25, -0.2) is 4.39 Å². The van der Waals surface area contributed by atoms with Crippen LogP contribution in [0, 0.1) is 5.82 Å². The quantitative estimate of drug-likeness (QED) is 0.512. The number of guanidine groups is 1. The minimum absolute atomic E-state index is 0.179. The Balaban J connectivity index is 1.59. The van der Waals surface area contributed by atoms with Gasteiger partial charge in [0.1, 0.15) is 5.82 Å². The SMILES string of the molecule is COc1ccc(CCNC(N)=NCC2(c3ccc(F)cc3)CCOCC2)cc1OC. The summed E-state index contributed by atoms with van der Waals surface area (Å²) in [6.07, 6.45) is 2.44. The topological polar surface area (TPSA) is 78.1 Å². The number of methoxy groups -OCH3 is 2. The van der Waals surface area contributed by atoms with Crippen molar-refractivity contribution in [1.82, 2.24) is 5.32 Å². The van der Waals surface area contributed by atoms with Gasteiger partial charge < -0.3 is 25.3 Å². The molecule has 2 aromatic carbocycles. The van der Waals surface area contributed by atoms with Crippen molar-refractivity contribution in [1.29, 1.82) is 0 Å². The lowest BCUT2D eigenvalue weighted by molar-refractivity contribution is 0.0531. The van der Waals surface area contributed by atoms with Crippen LogP contribution in [0.1, 0.15) is 24.0 Å². The summed E-state index contributed by atoms with van der Waals surface area (Å²) in [6, 6.07) is 12.5. The fraction of sp³-hybridized carbons (Fsp3) is 0.435. The third-order valence-corrected chi connectivity index (χ3v) is 5.63. The van der Waals surface area contributed by atoms with Gasteiger partial charge in [0.25, 0.3) is 0 Å². The molecule has 162 valence electrons. The molecule has 0 bridgehead atoms. The van der Waals surface area contributed by atoms with Crippen molar-refractivity contribution in [2.75, 3.05) is 40.5 Å². The first-order valence-electron chi connectivity index (χ1n) is 10.1. The van der Waals surface area contributed by atoms with Crippen LogP contribution in [0.25, 0.3) is 0 Å². The van der Waals surface area contributed by atoms with Gasteiger partial charge in [-0.3, -0.25) is 4.99 Å². The average Bonchev–Trinajstić information content (AvgIpc) is 2.78. The Hall–Kier alpha value is -2.80. The van der Waals surface area contributed by atoms with E-state index in [-0.39, 0.29) is 11.2 Å². The Kier molecular flexibility index (Phi) is 7.52. The molecule has 0 amide bonds. The lowest BCUT2D eigenvalue weighted by atomic mass is 9.74. The number of aliphatic imine (C=N–C) groups is 1. The summed E-state index contributed by atoms with van der Waals surface area (Å²) in [5, 5.41) is 3.18. The van der Waals surface area contributed by atoms with E-state index in [1.165, 1.54) is 12.1 Å². The molecule has 0 unspecified atom stereocenters. The van der Waals surface area contributed by atoms with Crippen LogP contribution >= 0.6 is 0 Å². The molecule has 6 nitrogen and oxygen atoms in total. The number of nitrogens with two attached hydrogens (primary N) is 1. The normalized spacial score (nSPS) is 16.2. The zero-order valence-corrected chi connectivity index (χ0v) is 17.6. The molecule has 0 atom stereocenters. The molecule has 2 aromatic rings. The minimum Gasteiger partial charge on any atom is -0.493 e. The Morgan fingerprint density at radius 3 is 2.47 bits per heavy atom. The van der Waals surface area contributed by atoms with Gasteiger partial charge in [0.05, 0.1) is 20.8 Å². The van der Waals surface area contributed by atoms with Gasteiger partial charge in [0.15, 0.2) is 17.5 Å². The third kappa shape index (κ3) is 5.42. The van der Waals surface area contributed by atoms with E-state index in [4.69, 9.17) is 19.9 Å². The van der Waals surface area contributed by atoms with E-state index >= 15 is 0 Å². The maximum absolute atomic E-state index is 13.4. The van der Waals surface area contributed by atoms with Crippen molar-refractivity contribution in [2.45, 2.75) is 24.7 Å². The van der Waals surface area contributed by atoms with Gasteiger partial charge in [-0.05, 0) is 54.7 Å². The summed E-state index contributed by atoms with van der Waals surface area (Å²) < 4.78 is 29.5. The maximum Gasteiger partial charge on any atom is 0.188 e. The summed E-state index contributed by atoms with van der Waals surface area (Å²) in [6.45, 7) is 2.52. The molecule has 1 saturated heterocycles. The molecule has 3 N–H and O–H groups in total. The Bertz CT molecular complexity index is 849. The number of halogens is 1. The monoisotopic (exact) mass is 415 g/mol. The molecule has 1 heterocycles. The number of hydrogen-bond donors (Lipinski definition) is 2. The number of nitrogens with one attached hydrogen (secondary N) is 1.